The van der Waals surface area contributed by atoms with E-state index in [2.05, 4.69) is 19.2 Å². The van der Waals surface area contributed by atoms with Gasteiger partial charge in [0.25, 0.3) is 0 Å². The number of carbonyl (C=O) groups is 1. The molecule has 0 aromatic heterocycles. The molecule has 0 bridgehead atoms. The van der Waals surface area contributed by atoms with E-state index in [4.69, 9.17) is 14.8 Å². The molecule has 0 aliphatic carbocycles. The fourth-order valence-electron chi connectivity index (χ4n) is 5.25. The highest BCUT2D eigenvalue weighted by atomic mass is 31.2. The van der Waals surface area contributed by atoms with E-state index in [1.165, 1.54) is 115 Å². The maximum Gasteiger partial charge on any atom is 0.472 e. The van der Waals surface area contributed by atoms with E-state index in [1.54, 1.807) is 6.08 Å². The third-order valence-electron chi connectivity index (χ3n) is 8.19. The number of nitrogens with two attached hydrogens (primary N) is 1. The summed E-state index contributed by atoms with van der Waals surface area (Å²) in [6, 6.07) is -1.06. The summed E-state index contributed by atoms with van der Waals surface area (Å²) in [7, 11) is -4.41. The SMILES string of the molecule is CCCCCCC/C=C/C=C/[C@@H](O)[C@H](COP(=O)(O)OCCN)NC(=O)C(O)CCCCCCCCCCCCCCCCCC. The van der Waals surface area contributed by atoms with Crippen LogP contribution in [0.5, 0.6) is 0 Å². The number of aliphatic hydroxyl groups excluding tert-OH is 2. The van der Waals surface area contributed by atoms with Crippen LogP contribution >= 0.6 is 7.82 Å². The van der Waals surface area contributed by atoms with E-state index >= 15 is 0 Å². The number of amides is 1. The molecule has 0 radical (unpaired) electrons. The lowest BCUT2D eigenvalue weighted by Gasteiger charge is -2.24. The Morgan fingerprint density at radius 1 is 0.739 bits per heavy atom. The molecule has 272 valence electrons. The number of phosphoric ester groups is 1. The van der Waals surface area contributed by atoms with Gasteiger partial charge in [-0.3, -0.25) is 13.8 Å². The van der Waals surface area contributed by atoms with Gasteiger partial charge < -0.3 is 26.2 Å². The molecule has 0 saturated carbocycles. The Morgan fingerprint density at radius 2 is 1.22 bits per heavy atom. The third-order valence-corrected chi connectivity index (χ3v) is 9.18. The van der Waals surface area contributed by atoms with Gasteiger partial charge in [0, 0.05) is 6.54 Å². The molecule has 9 nitrogen and oxygen atoms in total. The Kier molecular flexibility index (Phi) is 31.7. The molecule has 0 saturated heterocycles. The summed E-state index contributed by atoms with van der Waals surface area (Å²) < 4.78 is 21.9. The minimum atomic E-state index is -4.41. The van der Waals surface area contributed by atoms with Crippen LogP contribution in [0.25, 0.3) is 0 Å². The van der Waals surface area contributed by atoms with Crippen LogP contribution < -0.4 is 11.1 Å². The van der Waals surface area contributed by atoms with Crippen molar-refractivity contribution in [3.8, 4) is 0 Å². The van der Waals surface area contributed by atoms with Gasteiger partial charge in [-0.15, -0.1) is 0 Å². The number of hydrogen-bond donors (Lipinski definition) is 5. The lowest BCUT2D eigenvalue weighted by atomic mass is 10.0. The van der Waals surface area contributed by atoms with Crippen molar-refractivity contribution in [3.05, 3.63) is 24.3 Å². The molecule has 1 amide bonds. The zero-order valence-electron chi connectivity index (χ0n) is 29.4. The smallest absolute Gasteiger partial charge is 0.387 e. The van der Waals surface area contributed by atoms with Gasteiger partial charge in [-0.25, -0.2) is 4.57 Å². The van der Waals surface area contributed by atoms with E-state index in [-0.39, 0.29) is 13.2 Å². The molecule has 0 heterocycles. The van der Waals surface area contributed by atoms with Crippen LogP contribution in [0, 0.1) is 0 Å². The molecule has 4 atom stereocenters. The van der Waals surface area contributed by atoms with Crippen molar-refractivity contribution in [2.75, 3.05) is 19.8 Å². The predicted molar refractivity (Wildman–Crippen MR) is 191 cm³/mol. The summed E-state index contributed by atoms with van der Waals surface area (Å²) in [6.07, 6.45) is 31.8. The number of phosphoric acid groups is 1. The number of aliphatic hydroxyl groups is 2. The van der Waals surface area contributed by atoms with Crippen molar-refractivity contribution in [3.63, 3.8) is 0 Å². The molecular weight excluding hydrogens is 603 g/mol. The van der Waals surface area contributed by atoms with Gasteiger partial charge in [0.2, 0.25) is 5.91 Å². The fourth-order valence-corrected chi connectivity index (χ4v) is 6.01. The van der Waals surface area contributed by atoms with Gasteiger partial charge in [0.05, 0.1) is 25.4 Å². The van der Waals surface area contributed by atoms with Gasteiger partial charge >= 0.3 is 7.82 Å². The van der Waals surface area contributed by atoms with Gasteiger partial charge in [0.15, 0.2) is 0 Å². The molecule has 10 heteroatoms. The number of nitrogens with one attached hydrogen (secondary N) is 1. The Labute approximate surface area is 281 Å². The van der Waals surface area contributed by atoms with Crippen LogP contribution in [-0.4, -0.2) is 59.0 Å². The minimum absolute atomic E-state index is 0.0376. The Morgan fingerprint density at radius 3 is 1.72 bits per heavy atom. The first-order chi connectivity index (χ1) is 22.3. The third kappa shape index (κ3) is 29.1. The highest BCUT2D eigenvalue weighted by molar-refractivity contribution is 7.47. The Balaban J connectivity index is 4.39. The normalized spacial score (nSPS) is 15.3. The first-order valence-electron chi connectivity index (χ1n) is 18.6. The summed E-state index contributed by atoms with van der Waals surface area (Å²) in [4.78, 5) is 22.6. The maximum absolute atomic E-state index is 12.7. The van der Waals surface area contributed by atoms with Gasteiger partial charge in [-0.1, -0.05) is 167 Å². The van der Waals surface area contributed by atoms with Crippen LogP contribution in [0.1, 0.15) is 162 Å². The van der Waals surface area contributed by atoms with Crippen LogP contribution in [-0.2, 0) is 18.4 Å². The van der Waals surface area contributed by atoms with Gasteiger partial charge in [-0.2, -0.15) is 0 Å². The van der Waals surface area contributed by atoms with Crippen molar-refractivity contribution in [2.45, 2.75) is 180 Å². The molecule has 0 rings (SSSR count). The highest BCUT2D eigenvalue weighted by Gasteiger charge is 2.28. The van der Waals surface area contributed by atoms with E-state index < -0.39 is 38.6 Å². The Bertz CT molecular complexity index is 796. The molecule has 6 N–H and O–H groups in total. The first kappa shape index (κ1) is 44.9. The maximum atomic E-state index is 12.7. The summed E-state index contributed by atoms with van der Waals surface area (Å²) in [5.41, 5.74) is 5.32. The molecule has 0 spiro atoms. The lowest BCUT2D eigenvalue weighted by Crippen LogP contribution is -2.49. The van der Waals surface area contributed by atoms with Crippen molar-refractivity contribution in [1.82, 2.24) is 5.32 Å². The monoisotopic (exact) mass is 674 g/mol. The van der Waals surface area contributed by atoms with Gasteiger partial charge in [0.1, 0.15) is 6.10 Å². The lowest BCUT2D eigenvalue weighted by molar-refractivity contribution is -0.131. The molecule has 0 aliphatic rings. The number of carbonyl (C=O) groups excluding carboxylic acids is 1. The van der Waals surface area contributed by atoms with E-state index in [0.717, 1.165) is 32.1 Å². The van der Waals surface area contributed by atoms with E-state index in [0.29, 0.717) is 6.42 Å². The van der Waals surface area contributed by atoms with Gasteiger partial charge in [-0.05, 0) is 19.3 Å². The van der Waals surface area contributed by atoms with Crippen LogP contribution in [0.3, 0.4) is 0 Å². The molecule has 0 aromatic carbocycles. The second-order valence-electron chi connectivity index (χ2n) is 12.6. The summed E-state index contributed by atoms with van der Waals surface area (Å²) in [5.74, 6) is -0.653. The van der Waals surface area contributed by atoms with Crippen molar-refractivity contribution in [1.29, 1.82) is 0 Å². The quantitative estimate of drug-likeness (QED) is 0.0259. The topological polar surface area (TPSA) is 151 Å². The predicted octanol–water partition coefficient (Wildman–Crippen LogP) is 8.41. The van der Waals surface area contributed by atoms with Crippen molar-refractivity contribution in [2.24, 2.45) is 5.73 Å². The molecule has 0 aliphatic heterocycles. The molecule has 46 heavy (non-hydrogen) atoms. The zero-order valence-corrected chi connectivity index (χ0v) is 30.3. The van der Waals surface area contributed by atoms with E-state index in [1.807, 2.05) is 12.2 Å². The summed E-state index contributed by atoms with van der Waals surface area (Å²) in [6.45, 7) is 3.83. The standard InChI is InChI=1S/C36H71N2O7P/c1-3-5-7-9-11-13-14-15-16-17-18-19-21-23-25-27-29-35(40)36(41)38-33(32-45-46(42,43)44-31-30-37)34(39)28-26-24-22-20-12-10-8-6-4-2/h22,24,26,28,33-35,39-40H,3-21,23,25,27,29-32,37H2,1-2H3,(H,38,41)(H,42,43)/b24-22+,28-26+/t33-,34+,35?/m0/s1. The fraction of sp³-hybridized carbons (Fsp3) is 0.861. The Hall–Kier alpha value is -1.06. The largest absolute Gasteiger partial charge is 0.472 e. The summed E-state index contributed by atoms with van der Waals surface area (Å²) >= 11 is 0. The van der Waals surface area contributed by atoms with Crippen molar-refractivity contribution < 1.29 is 33.5 Å². The number of unbranched alkanes of at least 4 members (excludes halogenated alkanes) is 20. The van der Waals surface area contributed by atoms with Crippen LogP contribution in [0.15, 0.2) is 24.3 Å². The molecule has 2 unspecified atom stereocenters. The second kappa shape index (κ2) is 32.5. The molecule has 0 fully saturated rings. The first-order valence-corrected chi connectivity index (χ1v) is 20.1. The van der Waals surface area contributed by atoms with Crippen LogP contribution in [0.4, 0.5) is 0 Å². The van der Waals surface area contributed by atoms with Crippen molar-refractivity contribution >= 4 is 13.7 Å². The second-order valence-corrected chi connectivity index (χ2v) is 14.1. The number of rotatable bonds is 34. The minimum Gasteiger partial charge on any atom is -0.387 e. The number of allylic oxidation sites excluding steroid dienone is 3. The average molecular weight is 675 g/mol. The van der Waals surface area contributed by atoms with Crippen LogP contribution in [0.2, 0.25) is 0 Å². The molecular formula is C36H71N2O7P. The zero-order chi connectivity index (χ0) is 34.1. The van der Waals surface area contributed by atoms with E-state index in [9.17, 15) is 24.5 Å². The highest BCUT2D eigenvalue weighted by Crippen LogP contribution is 2.43. The summed E-state index contributed by atoms with van der Waals surface area (Å²) in [5, 5.41) is 23.7. The molecule has 0 aromatic rings. The average Bonchev–Trinajstić information content (AvgIpc) is 3.04. The number of hydrogen-bond acceptors (Lipinski definition) is 7.